The Morgan fingerprint density at radius 2 is 2.21 bits per heavy atom. The highest BCUT2D eigenvalue weighted by atomic mass is 32.1. The number of thiazole rings is 1. The number of ether oxygens (including phenoxy) is 1. The number of aromatic nitrogens is 1. The van der Waals surface area contributed by atoms with Crippen LogP contribution in [0.3, 0.4) is 0 Å². The van der Waals surface area contributed by atoms with Gasteiger partial charge in [-0.05, 0) is 26.7 Å². The predicted octanol–water partition coefficient (Wildman–Crippen LogP) is 1.45. The van der Waals surface area contributed by atoms with Gasteiger partial charge in [0, 0.05) is 19.2 Å². The summed E-state index contributed by atoms with van der Waals surface area (Å²) in [5.74, 6) is 0.139. The summed E-state index contributed by atoms with van der Waals surface area (Å²) in [7, 11) is 1.69. The largest absolute Gasteiger partial charge is 0.382 e. The molecule has 0 bridgehead atoms. The van der Waals surface area contributed by atoms with Crippen molar-refractivity contribution in [3.05, 3.63) is 4.88 Å². The van der Waals surface area contributed by atoms with Crippen LogP contribution in [0.4, 0.5) is 10.9 Å². The molecule has 0 aliphatic heterocycles. The average Bonchev–Trinajstić information content (AvgIpc) is 2.62. The number of carbonyl (C=O) groups is 1. The fourth-order valence-corrected chi connectivity index (χ4v) is 2.86. The van der Waals surface area contributed by atoms with Crippen LogP contribution in [-0.4, -0.2) is 36.2 Å². The van der Waals surface area contributed by atoms with Crippen molar-refractivity contribution in [2.45, 2.75) is 44.9 Å². The minimum Gasteiger partial charge on any atom is -0.382 e. The van der Waals surface area contributed by atoms with E-state index >= 15 is 0 Å². The number of rotatable bonds is 5. The van der Waals surface area contributed by atoms with E-state index in [0.29, 0.717) is 10.0 Å². The van der Waals surface area contributed by atoms with Crippen molar-refractivity contribution in [3.8, 4) is 0 Å². The van der Waals surface area contributed by atoms with Gasteiger partial charge in [0.15, 0.2) is 5.13 Å². The van der Waals surface area contributed by atoms with E-state index in [2.05, 4.69) is 15.6 Å². The first-order valence-corrected chi connectivity index (χ1v) is 7.17. The standard InChI is InChI=1S/C12H20N4O2S/c1-6(2)14-12-16-10(13)9(19-12)11(17)15-7-4-8(5-7)18-3/h6-8H,4-5,13H2,1-3H3,(H,14,16)(H,15,17). The smallest absolute Gasteiger partial charge is 0.265 e. The molecule has 4 N–H and O–H groups in total. The van der Waals surface area contributed by atoms with Gasteiger partial charge in [-0.2, -0.15) is 0 Å². The maximum Gasteiger partial charge on any atom is 0.265 e. The van der Waals surface area contributed by atoms with Gasteiger partial charge < -0.3 is 21.1 Å². The molecule has 1 aromatic rings. The van der Waals surface area contributed by atoms with Crippen molar-refractivity contribution in [2.75, 3.05) is 18.2 Å². The van der Waals surface area contributed by atoms with E-state index in [-0.39, 0.29) is 29.9 Å². The second-order valence-corrected chi connectivity index (χ2v) is 6.03. The van der Waals surface area contributed by atoms with Crippen LogP contribution >= 0.6 is 11.3 Å². The first-order chi connectivity index (χ1) is 8.99. The number of nitrogens with one attached hydrogen (secondary N) is 2. The predicted molar refractivity (Wildman–Crippen MR) is 76.6 cm³/mol. The summed E-state index contributed by atoms with van der Waals surface area (Å²) >= 11 is 1.29. The summed E-state index contributed by atoms with van der Waals surface area (Å²) < 4.78 is 5.18. The molecule has 19 heavy (non-hydrogen) atoms. The topological polar surface area (TPSA) is 89.3 Å². The highest BCUT2D eigenvalue weighted by molar-refractivity contribution is 7.18. The molecule has 0 saturated heterocycles. The van der Waals surface area contributed by atoms with Crippen LogP contribution in [0.1, 0.15) is 36.4 Å². The Hall–Kier alpha value is -1.34. The summed E-state index contributed by atoms with van der Waals surface area (Å²) in [6, 6.07) is 0.441. The quantitative estimate of drug-likeness (QED) is 0.761. The van der Waals surface area contributed by atoms with Gasteiger partial charge in [0.2, 0.25) is 0 Å². The second-order valence-electron chi connectivity index (χ2n) is 5.03. The van der Waals surface area contributed by atoms with Gasteiger partial charge in [0.25, 0.3) is 5.91 Å². The number of hydrogen-bond acceptors (Lipinski definition) is 6. The number of hydrogen-bond donors (Lipinski definition) is 3. The summed E-state index contributed by atoms with van der Waals surface area (Å²) in [6.45, 7) is 4.02. The molecule has 7 heteroatoms. The highest BCUT2D eigenvalue weighted by Gasteiger charge is 2.31. The lowest BCUT2D eigenvalue weighted by atomic mass is 9.89. The highest BCUT2D eigenvalue weighted by Crippen LogP contribution is 2.27. The molecule has 6 nitrogen and oxygen atoms in total. The zero-order chi connectivity index (χ0) is 14.0. The summed E-state index contributed by atoms with van der Waals surface area (Å²) in [4.78, 5) is 16.7. The molecule has 0 unspecified atom stereocenters. The van der Waals surface area contributed by atoms with Crippen LogP contribution in [0.15, 0.2) is 0 Å². The maximum atomic E-state index is 12.1. The van der Waals surface area contributed by atoms with E-state index in [1.54, 1.807) is 7.11 Å². The van der Waals surface area contributed by atoms with Crippen molar-refractivity contribution >= 4 is 28.2 Å². The van der Waals surface area contributed by atoms with E-state index in [1.807, 2.05) is 13.8 Å². The Morgan fingerprint density at radius 3 is 2.79 bits per heavy atom. The van der Waals surface area contributed by atoms with E-state index < -0.39 is 0 Å². The van der Waals surface area contributed by atoms with E-state index in [0.717, 1.165) is 12.8 Å². The zero-order valence-electron chi connectivity index (χ0n) is 11.4. The van der Waals surface area contributed by atoms with Crippen molar-refractivity contribution in [1.29, 1.82) is 0 Å². The van der Waals surface area contributed by atoms with Gasteiger partial charge in [-0.25, -0.2) is 4.98 Å². The van der Waals surface area contributed by atoms with Crippen LogP contribution in [-0.2, 0) is 4.74 Å². The molecule has 0 spiro atoms. The molecule has 1 aliphatic rings. The lowest BCUT2D eigenvalue weighted by molar-refractivity contribution is 0.0177. The Kier molecular flexibility index (Phi) is 4.26. The van der Waals surface area contributed by atoms with Gasteiger partial charge in [-0.3, -0.25) is 4.79 Å². The number of nitrogens with two attached hydrogens (primary N) is 1. The number of nitrogen functional groups attached to an aromatic ring is 1. The molecule has 0 radical (unpaired) electrons. The van der Waals surface area contributed by atoms with Crippen molar-refractivity contribution in [3.63, 3.8) is 0 Å². The third-order valence-electron chi connectivity index (χ3n) is 3.04. The zero-order valence-corrected chi connectivity index (χ0v) is 12.2. The van der Waals surface area contributed by atoms with Gasteiger partial charge in [-0.1, -0.05) is 11.3 Å². The lowest BCUT2D eigenvalue weighted by Crippen LogP contribution is -2.47. The minimum atomic E-state index is -0.147. The van der Waals surface area contributed by atoms with Crippen LogP contribution in [0.2, 0.25) is 0 Å². The molecule has 1 aromatic heterocycles. The fraction of sp³-hybridized carbons (Fsp3) is 0.667. The third-order valence-corrected chi connectivity index (χ3v) is 4.04. The molecular weight excluding hydrogens is 264 g/mol. The minimum absolute atomic E-state index is 0.147. The normalized spacial score (nSPS) is 22.1. The Labute approximate surface area is 116 Å². The SMILES string of the molecule is COC1CC(NC(=O)c2sc(NC(C)C)nc2N)C1. The van der Waals surface area contributed by atoms with Crippen LogP contribution in [0.5, 0.6) is 0 Å². The van der Waals surface area contributed by atoms with Gasteiger partial charge in [0.05, 0.1) is 6.10 Å². The summed E-state index contributed by atoms with van der Waals surface area (Å²) in [5, 5.41) is 6.78. The van der Waals surface area contributed by atoms with Gasteiger partial charge >= 0.3 is 0 Å². The number of carbonyl (C=O) groups excluding carboxylic acids is 1. The number of amides is 1. The Morgan fingerprint density at radius 1 is 1.53 bits per heavy atom. The number of nitrogens with zero attached hydrogens (tertiary/aromatic N) is 1. The maximum absolute atomic E-state index is 12.1. The Bertz CT molecular complexity index is 455. The summed E-state index contributed by atoms with van der Waals surface area (Å²) in [5.41, 5.74) is 5.78. The van der Waals surface area contributed by atoms with Crippen molar-refractivity contribution in [2.24, 2.45) is 0 Å². The molecule has 1 fully saturated rings. The molecule has 0 atom stereocenters. The van der Waals surface area contributed by atoms with Gasteiger partial charge in [-0.15, -0.1) is 0 Å². The summed E-state index contributed by atoms with van der Waals surface area (Å²) in [6.07, 6.45) is 1.98. The molecule has 1 amide bonds. The fourth-order valence-electron chi connectivity index (χ4n) is 1.93. The van der Waals surface area contributed by atoms with Gasteiger partial charge in [0.1, 0.15) is 10.7 Å². The molecule has 1 aliphatic carbocycles. The van der Waals surface area contributed by atoms with E-state index in [9.17, 15) is 4.79 Å². The molecule has 1 heterocycles. The number of anilines is 2. The van der Waals surface area contributed by atoms with E-state index in [1.165, 1.54) is 11.3 Å². The van der Waals surface area contributed by atoms with Crippen LogP contribution in [0, 0.1) is 0 Å². The first kappa shape index (κ1) is 14.1. The monoisotopic (exact) mass is 284 g/mol. The lowest BCUT2D eigenvalue weighted by Gasteiger charge is -2.34. The van der Waals surface area contributed by atoms with Crippen molar-refractivity contribution in [1.82, 2.24) is 10.3 Å². The third kappa shape index (κ3) is 3.36. The first-order valence-electron chi connectivity index (χ1n) is 6.36. The number of methoxy groups -OCH3 is 1. The van der Waals surface area contributed by atoms with Crippen molar-refractivity contribution < 1.29 is 9.53 Å². The van der Waals surface area contributed by atoms with Crippen LogP contribution in [0.25, 0.3) is 0 Å². The molecule has 0 aromatic carbocycles. The Balaban J connectivity index is 1.94. The molecule has 2 rings (SSSR count). The molecular formula is C12H20N4O2S. The molecule has 106 valence electrons. The average molecular weight is 284 g/mol. The van der Waals surface area contributed by atoms with Crippen LogP contribution < -0.4 is 16.4 Å². The van der Waals surface area contributed by atoms with E-state index in [4.69, 9.17) is 10.5 Å². The molecule has 1 saturated carbocycles. The second kappa shape index (κ2) is 5.75.